The highest BCUT2D eigenvalue weighted by Crippen LogP contribution is 2.02. The van der Waals surface area contributed by atoms with Crippen molar-refractivity contribution < 1.29 is 9.59 Å². The quantitative estimate of drug-likeness (QED) is 0.523. The Hall–Kier alpha value is -1.22. The molecule has 2 N–H and O–H groups in total. The normalized spacial score (nSPS) is 8.92. The molecule has 0 aliphatic heterocycles. The fraction of sp³-hybridized carbons (Fsp3) is 0.429. The van der Waals surface area contributed by atoms with Crippen LogP contribution in [-0.4, -0.2) is 28.3 Å². The molecule has 0 heterocycles. The van der Waals surface area contributed by atoms with E-state index in [0.717, 1.165) is 16.7 Å². The third kappa shape index (κ3) is 5.09. The molecule has 2 amide bonds. The van der Waals surface area contributed by atoms with Crippen LogP contribution in [-0.2, 0) is 4.79 Å². The monoisotopic (exact) mass is 200 g/mol. The van der Waals surface area contributed by atoms with Crippen molar-refractivity contribution in [3.8, 4) is 6.19 Å². The SMILES string of the molecule is CCN(C#N)C(=O)[CH]CSC(N)=O. The van der Waals surface area contributed by atoms with Gasteiger partial charge < -0.3 is 5.73 Å². The average Bonchev–Trinajstić information content (AvgIpc) is 2.05. The van der Waals surface area contributed by atoms with Gasteiger partial charge in [0.1, 0.15) is 0 Å². The summed E-state index contributed by atoms with van der Waals surface area (Å²) in [6.45, 7) is 2.02. The third-order valence-electron chi connectivity index (χ3n) is 1.19. The van der Waals surface area contributed by atoms with E-state index in [1.54, 1.807) is 13.1 Å². The highest BCUT2D eigenvalue weighted by atomic mass is 32.2. The van der Waals surface area contributed by atoms with Crippen LogP contribution in [0, 0.1) is 17.9 Å². The number of primary amides is 1. The number of nitrogens with two attached hydrogens (primary N) is 1. The van der Waals surface area contributed by atoms with E-state index in [-0.39, 0.29) is 5.75 Å². The maximum atomic E-state index is 11.1. The lowest BCUT2D eigenvalue weighted by Crippen LogP contribution is -2.26. The molecule has 0 aliphatic carbocycles. The molecule has 1 radical (unpaired) electrons. The van der Waals surface area contributed by atoms with Crippen LogP contribution in [0.5, 0.6) is 0 Å². The lowest BCUT2D eigenvalue weighted by molar-refractivity contribution is -0.124. The van der Waals surface area contributed by atoms with Gasteiger partial charge in [-0.05, 0) is 6.92 Å². The average molecular weight is 200 g/mol. The van der Waals surface area contributed by atoms with Crippen LogP contribution in [0.15, 0.2) is 0 Å². The highest BCUT2D eigenvalue weighted by molar-refractivity contribution is 8.13. The molecule has 0 spiro atoms. The first kappa shape index (κ1) is 11.8. The van der Waals surface area contributed by atoms with Gasteiger partial charge in [0.25, 0.3) is 5.24 Å². The maximum Gasteiger partial charge on any atom is 0.276 e. The molecule has 5 nitrogen and oxygen atoms in total. The van der Waals surface area contributed by atoms with Crippen molar-refractivity contribution in [2.45, 2.75) is 6.92 Å². The maximum absolute atomic E-state index is 11.1. The predicted octanol–water partition coefficient (Wildman–Crippen LogP) is 0.332. The summed E-state index contributed by atoms with van der Waals surface area (Å²) in [5.74, 6) is -0.203. The number of carbonyl (C=O) groups is 2. The van der Waals surface area contributed by atoms with Gasteiger partial charge >= 0.3 is 0 Å². The van der Waals surface area contributed by atoms with Crippen molar-refractivity contribution in [3.63, 3.8) is 0 Å². The van der Waals surface area contributed by atoms with Gasteiger partial charge in [-0.1, -0.05) is 11.8 Å². The predicted molar refractivity (Wildman–Crippen MR) is 49.3 cm³/mol. The number of hydrogen-bond donors (Lipinski definition) is 1. The van der Waals surface area contributed by atoms with Gasteiger partial charge in [-0.2, -0.15) is 5.26 Å². The molecule has 71 valence electrons. The lowest BCUT2D eigenvalue weighted by atomic mass is 10.4. The third-order valence-corrected chi connectivity index (χ3v) is 1.80. The number of rotatable bonds is 4. The van der Waals surface area contributed by atoms with E-state index in [4.69, 9.17) is 11.0 Å². The summed E-state index contributed by atoms with van der Waals surface area (Å²) in [7, 11) is 0. The first-order chi connectivity index (χ1) is 6.11. The molecule has 0 rings (SSSR count). The zero-order valence-electron chi connectivity index (χ0n) is 7.19. The van der Waals surface area contributed by atoms with E-state index < -0.39 is 11.1 Å². The van der Waals surface area contributed by atoms with Crippen LogP contribution >= 0.6 is 11.8 Å². The van der Waals surface area contributed by atoms with Gasteiger partial charge in [0.15, 0.2) is 6.19 Å². The summed E-state index contributed by atoms with van der Waals surface area (Å²) in [5.41, 5.74) is 4.83. The van der Waals surface area contributed by atoms with Crippen molar-refractivity contribution in [2.75, 3.05) is 12.3 Å². The Balaban J connectivity index is 3.75. The van der Waals surface area contributed by atoms with Gasteiger partial charge in [-0.3, -0.25) is 9.59 Å². The topological polar surface area (TPSA) is 87.2 Å². The molecule has 0 atom stereocenters. The first-order valence-electron chi connectivity index (χ1n) is 3.58. The molecule has 0 aromatic rings. The van der Waals surface area contributed by atoms with Crippen LogP contribution in [0.25, 0.3) is 0 Å². The summed E-state index contributed by atoms with van der Waals surface area (Å²) in [6.07, 6.45) is 2.97. The fourth-order valence-electron chi connectivity index (χ4n) is 0.581. The standard InChI is InChI=1S/C7H10N3O2S/c1-2-10(5-8)6(11)3-4-13-7(9)12/h3H,2,4H2,1H3,(H2,9,12). The van der Waals surface area contributed by atoms with Crippen molar-refractivity contribution >= 4 is 22.9 Å². The Labute approximate surface area is 80.9 Å². The minimum absolute atomic E-state index is 0.201. The minimum Gasteiger partial charge on any atom is -0.361 e. The number of nitrogens with zero attached hydrogens (tertiary/aromatic N) is 2. The molecule has 0 bridgehead atoms. The summed E-state index contributed by atoms with van der Waals surface area (Å²) in [5, 5.41) is 7.90. The molecule has 0 aliphatic rings. The number of hydrogen-bond acceptors (Lipinski definition) is 4. The van der Waals surface area contributed by atoms with Gasteiger partial charge in [0, 0.05) is 12.3 Å². The fourth-order valence-corrected chi connectivity index (χ4v) is 0.971. The molecule has 0 fully saturated rings. The molecule has 0 aromatic carbocycles. The first-order valence-corrected chi connectivity index (χ1v) is 4.57. The van der Waals surface area contributed by atoms with Crippen molar-refractivity contribution in [2.24, 2.45) is 5.73 Å². The largest absolute Gasteiger partial charge is 0.361 e. The summed E-state index contributed by atoms with van der Waals surface area (Å²) < 4.78 is 0. The molecular weight excluding hydrogens is 190 g/mol. The highest BCUT2D eigenvalue weighted by Gasteiger charge is 2.10. The molecule has 0 saturated carbocycles. The van der Waals surface area contributed by atoms with Crippen LogP contribution in [0.4, 0.5) is 4.79 Å². The number of thioether (sulfide) groups is 1. The van der Waals surface area contributed by atoms with Gasteiger partial charge in [-0.15, -0.1) is 0 Å². The number of carbonyl (C=O) groups excluding carboxylic acids is 2. The summed E-state index contributed by atoms with van der Waals surface area (Å²) in [6, 6.07) is 0. The van der Waals surface area contributed by atoms with Crippen LogP contribution < -0.4 is 5.73 Å². The molecule has 13 heavy (non-hydrogen) atoms. The second kappa shape index (κ2) is 6.31. The molecule has 0 unspecified atom stereocenters. The minimum atomic E-state index is -0.538. The van der Waals surface area contributed by atoms with Crippen molar-refractivity contribution in [3.05, 3.63) is 6.42 Å². The van der Waals surface area contributed by atoms with Crippen molar-refractivity contribution in [1.82, 2.24) is 4.90 Å². The number of amides is 2. The molecule has 0 saturated heterocycles. The zero-order valence-corrected chi connectivity index (χ0v) is 8.00. The Bertz CT molecular complexity index is 236. The Morgan fingerprint density at radius 3 is 2.69 bits per heavy atom. The molecule has 0 aromatic heterocycles. The lowest BCUT2D eigenvalue weighted by Gasteiger charge is -2.08. The van der Waals surface area contributed by atoms with Gasteiger partial charge in [0.2, 0.25) is 5.91 Å². The Morgan fingerprint density at radius 2 is 2.31 bits per heavy atom. The van der Waals surface area contributed by atoms with Gasteiger partial charge in [-0.25, -0.2) is 4.90 Å². The smallest absolute Gasteiger partial charge is 0.276 e. The summed E-state index contributed by atoms with van der Waals surface area (Å²) >= 11 is 0.824. The van der Waals surface area contributed by atoms with Crippen LogP contribution in [0.3, 0.4) is 0 Å². The van der Waals surface area contributed by atoms with Gasteiger partial charge in [0.05, 0.1) is 6.42 Å². The zero-order chi connectivity index (χ0) is 10.3. The number of nitriles is 1. The second-order valence-electron chi connectivity index (χ2n) is 2.02. The second-order valence-corrected chi connectivity index (χ2v) is 3.04. The van der Waals surface area contributed by atoms with E-state index in [2.05, 4.69) is 0 Å². The van der Waals surface area contributed by atoms with E-state index in [1.807, 2.05) is 0 Å². The van der Waals surface area contributed by atoms with Crippen molar-refractivity contribution in [1.29, 1.82) is 5.26 Å². The van der Waals surface area contributed by atoms with Crippen LogP contribution in [0.1, 0.15) is 6.92 Å². The Morgan fingerprint density at radius 1 is 1.69 bits per heavy atom. The van der Waals surface area contributed by atoms with E-state index >= 15 is 0 Å². The Kier molecular flexibility index (Phi) is 5.72. The van der Waals surface area contributed by atoms with E-state index in [9.17, 15) is 9.59 Å². The van der Waals surface area contributed by atoms with Crippen LogP contribution in [0.2, 0.25) is 0 Å². The molecular formula is C7H10N3O2S. The van der Waals surface area contributed by atoms with E-state index in [1.165, 1.54) is 6.42 Å². The van der Waals surface area contributed by atoms with E-state index in [0.29, 0.717) is 6.54 Å². The summed E-state index contributed by atoms with van der Waals surface area (Å²) in [4.78, 5) is 22.3. The molecule has 6 heteroatoms.